The summed E-state index contributed by atoms with van der Waals surface area (Å²) in [5.41, 5.74) is 0. The molecule has 0 spiro atoms. The maximum atomic E-state index is 11.7. The van der Waals surface area contributed by atoms with E-state index in [2.05, 4.69) is 10.2 Å². The molecule has 3 saturated heterocycles. The number of hydrogen-bond acceptors (Lipinski definition) is 3. The van der Waals surface area contributed by atoms with Gasteiger partial charge >= 0.3 is 5.97 Å². The molecular formula is C20H32N2O2. The summed E-state index contributed by atoms with van der Waals surface area (Å²) >= 11 is 0. The normalized spacial score (nSPS) is 51.2. The van der Waals surface area contributed by atoms with Crippen LogP contribution in [0.5, 0.6) is 0 Å². The van der Waals surface area contributed by atoms with Gasteiger partial charge in [-0.3, -0.25) is 9.69 Å². The Balaban J connectivity index is 1.36. The van der Waals surface area contributed by atoms with Gasteiger partial charge in [0.25, 0.3) is 0 Å². The predicted molar refractivity (Wildman–Crippen MR) is 92.7 cm³/mol. The minimum Gasteiger partial charge on any atom is -0.481 e. The van der Waals surface area contributed by atoms with Crippen LogP contribution >= 0.6 is 0 Å². The molecule has 0 aromatic rings. The summed E-state index contributed by atoms with van der Waals surface area (Å²) in [7, 11) is 0. The third kappa shape index (κ3) is 2.36. The maximum absolute atomic E-state index is 11.7. The zero-order chi connectivity index (χ0) is 16.3. The lowest BCUT2D eigenvalue weighted by atomic mass is 9.64. The molecule has 0 aromatic carbocycles. The molecule has 0 radical (unpaired) electrons. The number of carboxylic acid groups (broad SMARTS) is 1. The zero-order valence-corrected chi connectivity index (χ0v) is 14.7. The van der Waals surface area contributed by atoms with Gasteiger partial charge in [-0.25, -0.2) is 0 Å². The van der Waals surface area contributed by atoms with Crippen LogP contribution in [0.3, 0.4) is 0 Å². The molecule has 134 valence electrons. The molecule has 0 aromatic heterocycles. The van der Waals surface area contributed by atoms with Gasteiger partial charge in [0, 0.05) is 24.7 Å². The fourth-order valence-electron chi connectivity index (χ4n) is 7.35. The molecule has 2 aliphatic carbocycles. The predicted octanol–water partition coefficient (Wildman–Crippen LogP) is 2.73. The summed E-state index contributed by atoms with van der Waals surface area (Å²) in [5, 5.41) is 13.7. The van der Waals surface area contributed by atoms with Crippen molar-refractivity contribution >= 4 is 5.97 Å². The number of piperidine rings is 2. The second kappa shape index (κ2) is 5.98. The number of hydrogen-bond donors (Lipinski definition) is 2. The SMILES string of the molecule is O=C(O)C1CCCC2CC3C4NC5CCCCC5C4CCN3CC21. The fourth-order valence-corrected chi connectivity index (χ4v) is 7.35. The molecule has 24 heavy (non-hydrogen) atoms. The van der Waals surface area contributed by atoms with Gasteiger partial charge in [0.05, 0.1) is 5.92 Å². The van der Waals surface area contributed by atoms with E-state index in [0.717, 1.165) is 37.3 Å². The Bertz CT molecular complexity index is 510. The Hall–Kier alpha value is -0.610. The van der Waals surface area contributed by atoms with Crippen LogP contribution in [0.2, 0.25) is 0 Å². The molecule has 8 unspecified atom stereocenters. The number of nitrogens with one attached hydrogen (secondary N) is 1. The highest BCUT2D eigenvalue weighted by molar-refractivity contribution is 5.70. The van der Waals surface area contributed by atoms with Gasteiger partial charge in [-0.1, -0.05) is 25.7 Å². The Kier molecular flexibility index (Phi) is 3.89. The van der Waals surface area contributed by atoms with Crippen molar-refractivity contribution in [3.05, 3.63) is 0 Å². The Morgan fingerprint density at radius 3 is 2.71 bits per heavy atom. The van der Waals surface area contributed by atoms with E-state index >= 15 is 0 Å². The second-order valence-electron chi connectivity index (χ2n) is 9.30. The van der Waals surface area contributed by atoms with Crippen molar-refractivity contribution in [1.29, 1.82) is 0 Å². The number of rotatable bonds is 1. The van der Waals surface area contributed by atoms with E-state index in [1.54, 1.807) is 0 Å². The van der Waals surface area contributed by atoms with Gasteiger partial charge in [-0.15, -0.1) is 0 Å². The fraction of sp³-hybridized carbons (Fsp3) is 0.950. The molecule has 5 fully saturated rings. The van der Waals surface area contributed by atoms with Crippen molar-refractivity contribution < 1.29 is 9.90 Å². The van der Waals surface area contributed by atoms with Gasteiger partial charge in [0.1, 0.15) is 0 Å². The quantitative estimate of drug-likeness (QED) is 0.775. The smallest absolute Gasteiger partial charge is 0.306 e. The minimum absolute atomic E-state index is 0.0819. The van der Waals surface area contributed by atoms with Crippen LogP contribution in [-0.4, -0.2) is 47.2 Å². The second-order valence-corrected chi connectivity index (χ2v) is 9.30. The van der Waals surface area contributed by atoms with Crippen molar-refractivity contribution in [3.63, 3.8) is 0 Å². The number of nitrogens with zero attached hydrogens (tertiary/aromatic N) is 1. The van der Waals surface area contributed by atoms with Gasteiger partial charge in [0.2, 0.25) is 0 Å². The summed E-state index contributed by atoms with van der Waals surface area (Å²) in [6.07, 6.45) is 11.6. The lowest BCUT2D eigenvalue weighted by Gasteiger charge is -2.53. The van der Waals surface area contributed by atoms with E-state index in [9.17, 15) is 9.90 Å². The van der Waals surface area contributed by atoms with Crippen LogP contribution in [-0.2, 0) is 4.79 Å². The lowest BCUT2D eigenvalue weighted by Crippen LogP contribution is -2.61. The highest BCUT2D eigenvalue weighted by Crippen LogP contribution is 2.49. The molecule has 5 rings (SSSR count). The first-order chi connectivity index (χ1) is 11.7. The Labute approximate surface area is 145 Å². The van der Waals surface area contributed by atoms with Gasteiger partial charge in [-0.05, 0) is 62.3 Å². The Morgan fingerprint density at radius 1 is 0.958 bits per heavy atom. The molecule has 3 heterocycles. The first kappa shape index (κ1) is 15.6. The third-order valence-corrected chi connectivity index (χ3v) is 8.39. The monoisotopic (exact) mass is 332 g/mol. The molecule has 4 nitrogen and oxygen atoms in total. The zero-order valence-electron chi connectivity index (χ0n) is 14.7. The number of carboxylic acids is 1. The number of aliphatic carboxylic acids is 1. The molecule has 8 atom stereocenters. The van der Waals surface area contributed by atoms with Crippen LogP contribution in [0.4, 0.5) is 0 Å². The van der Waals surface area contributed by atoms with Crippen LogP contribution in [0.15, 0.2) is 0 Å². The molecule has 2 saturated carbocycles. The first-order valence-electron chi connectivity index (χ1n) is 10.5. The van der Waals surface area contributed by atoms with Crippen molar-refractivity contribution in [2.24, 2.45) is 29.6 Å². The van der Waals surface area contributed by atoms with Crippen LogP contribution < -0.4 is 5.32 Å². The summed E-state index contributed by atoms with van der Waals surface area (Å²) in [6.45, 7) is 2.26. The molecule has 3 aliphatic heterocycles. The van der Waals surface area contributed by atoms with E-state index in [0.29, 0.717) is 23.9 Å². The van der Waals surface area contributed by atoms with Crippen molar-refractivity contribution in [3.8, 4) is 0 Å². The van der Waals surface area contributed by atoms with E-state index in [4.69, 9.17) is 0 Å². The molecule has 4 heteroatoms. The maximum Gasteiger partial charge on any atom is 0.306 e. The molecule has 2 N–H and O–H groups in total. The van der Waals surface area contributed by atoms with E-state index in [1.165, 1.54) is 51.5 Å². The number of carbonyl (C=O) groups is 1. The topological polar surface area (TPSA) is 52.6 Å². The van der Waals surface area contributed by atoms with E-state index in [1.807, 2.05) is 0 Å². The number of fused-ring (bicyclic) bond motifs is 6. The molecule has 5 aliphatic rings. The lowest BCUT2D eigenvalue weighted by molar-refractivity contribution is -0.149. The average Bonchev–Trinajstić information content (AvgIpc) is 2.98. The van der Waals surface area contributed by atoms with Crippen molar-refractivity contribution in [2.45, 2.75) is 75.9 Å². The van der Waals surface area contributed by atoms with Crippen molar-refractivity contribution in [1.82, 2.24) is 10.2 Å². The van der Waals surface area contributed by atoms with Crippen molar-refractivity contribution in [2.75, 3.05) is 13.1 Å². The molecule has 0 amide bonds. The minimum atomic E-state index is -0.539. The third-order valence-electron chi connectivity index (χ3n) is 8.39. The van der Waals surface area contributed by atoms with Crippen LogP contribution in [0.25, 0.3) is 0 Å². The van der Waals surface area contributed by atoms with Crippen LogP contribution in [0, 0.1) is 29.6 Å². The summed E-state index contributed by atoms with van der Waals surface area (Å²) in [4.78, 5) is 14.4. The highest BCUT2D eigenvalue weighted by atomic mass is 16.4. The highest BCUT2D eigenvalue weighted by Gasteiger charge is 2.53. The van der Waals surface area contributed by atoms with Gasteiger partial charge < -0.3 is 10.4 Å². The summed E-state index contributed by atoms with van der Waals surface area (Å²) in [5.74, 6) is 2.27. The summed E-state index contributed by atoms with van der Waals surface area (Å²) in [6, 6.07) is 2.16. The van der Waals surface area contributed by atoms with E-state index in [-0.39, 0.29) is 5.92 Å². The van der Waals surface area contributed by atoms with Crippen LogP contribution in [0.1, 0.15) is 57.8 Å². The molecule has 0 bridgehead atoms. The van der Waals surface area contributed by atoms with Gasteiger partial charge in [0.15, 0.2) is 0 Å². The Morgan fingerprint density at radius 2 is 1.83 bits per heavy atom. The molecular weight excluding hydrogens is 300 g/mol. The standard InChI is InChI=1S/C20H32N2O2/c23-20(24)15-6-3-4-12-10-18-19-14(8-9-22(18)11-16(12)15)13-5-1-2-7-17(13)21-19/h12-19,21H,1-11H2,(H,23,24). The average molecular weight is 332 g/mol. The first-order valence-corrected chi connectivity index (χ1v) is 10.5. The van der Waals surface area contributed by atoms with E-state index < -0.39 is 5.97 Å². The largest absolute Gasteiger partial charge is 0.481 e. The van der Waals surface area contributed by atoms with Gasteiger partial charge in [-0.2, -0.15) is 0 Å². The summed E-state index contributed by atoms with van der Waals surface area (Å²) < 4.78 is 0.